The van der Waals surface area contributed by atoms with E-state index in [-0.39, 0.29) is 21.9 Å². The molecule has 0 saturated heterocycles. The minimum Gasteiger partial charge on any atom is -0.322 e. The molecule has 0 aliphatic heterocycles. The number of halogens is 2. The van der Waals surface area contributed by atoms with E-state index in [4.69, 9.17) is 11.6 Å². The van der Waals surface area contributed by atoms with E-state index in [2.05, 4.69) is 31.4 Å². The van der Waals surface area contributed by atoms with Gasteiger partial charge in [0, 0.05) is 22.0 Å². The van der Waals surface area contributed by atoms with E-state index >= 15 is 0 Å². The molecule has 0 aromatic heterocycles. The zero-order valence-electron chi connectivity index (χ0n) is 16.9. The summed E-state index contributed by atoms with van der Waals surface area (Å²) in [7, 11) is 0. The van der Waals surface area contributed by atoms with Crippen molar-refractivity contribution in [1.29, 1.82) is 0 Å². The van der Waals surface area contributed by atoms with Gasteiger partial charge in [-0.15, -0.1) is 0 Å². The largest absolute Gasteiger partial charge is 0.322 e. The molecular formula is C24H22ClFN2O2. The van der Waals surface area contributed by atoms with Crippen LogP contribution in [0.15, 0.2) is 66.7 Å². The van der Waals surface area contributed by atoms with E-state index < -0.39 is 11.7 Å². The summed E-state index contributed by atoms with van der Waals surface area (Å²) in [5.74, 6) is -1.57. The minimum absolute atomic E-state index is 0.00506. The van der Waals surface area contributed by atoms with Crippen molar-refractivity contribution in [2.75, 3.05) is 10.6 Å². The number of carbonyl (C=O) groups excluding carboxylic acids is 2. The van der Waals surface area contributed by atoms with Crippen molar-refractivity contribution in [1.82, 2.24) is 0 Å². The molecule has 2 amide bonds. The molecule has 154 valence electrons. The van der Waals surface area contributed by atoms with Crippen LogP contribution in [0.5, 0.6) is 0 Å². The summed E-state index contributed by atoms with van der Waals surface area (Å²) in [4.78, 5) is 24.9. The first-order valence-electron chi connectivity index (χ1n) is 9.42. The normalized spacial score (nSPS) is 11.1. The van der Waals surface area contributed by atoms with Crippen LogP contribution in [0.4, 0.5) is 15.8 Å². The molecule has 6 heteroatoms. The van der Waals surface area contributed by atoms with Crippen molar-refractivity contribution in [3.8, 4) is 0 Å². The predicted molar refractivity (Wildman–Crippen MR) is 119 cm³/mol. The number of anilines is 2. The lowest BCUT2D eigenvalue weighted by Gasteiger charge is -2.19. The molecule has 0 aliphatic rings. The molecule has 0 heterocycles. The number of hydrogen-bond donors (Lipinski definition) is 2. The van der Waals surface area contributed by atoms with Crippen LogP contribution in [0.25, 0.3) is 0 Å². The molecule has 0 bridgehead atoms. The maximum atomic E-state index is 13.9. The summed E-state index contributed by atoms with van der Waals surface area (Å²) in [5.41, 5.74) is 2.49. The van der Waals surface area contributed by atoms with Crippen LogP contribution < -0.4 is 10.6 Å². The van der Waals surface area contributed by atoms with E-state index in [9.17, 15) is 14.0 Å². The Bertz CT molecular complexity index is 1090. The van der Waals surface area contributed by atoms with Crippen molar-refractivity contribution in [3.63, 3.8) is 0 Å². The maximum Gasteiger partial charge on any atom is 0.258 e. The first-order chi connectivity index (χ1) is 14.1. The fourth-order valence-electron chi connectivity index (χ4n) is 2.87. The van der Waals surface area contributed by atoms with Gasteiger partial charge < -0.3 is 10.6 Å². The van der Waals surface area contributed by atoms with Gasteiger partial charge in [0.15, 0.2) is 0 Å². The second-order valence-electron chi connectivity index (χ2n) is 7.94. The Balaban J connectivity index is 1.70. The highest BCUT2D eigenvalue weighted by Gasteiger charge is 2.15. The molecule has 0 atom stereocenters. The Morgan fingerprint density at radius 3 is 2.00 bits per heavy atom. The lowest BCUT2D eigenvalue weighted by Crippen LogP contribution is -2.15. The monoisotopic (exact) mass is 424 g/mol. The molecule has 3 aromatic rings. The van der Waals surface area contributed by atoms with E-state index in [1.54, 1.807) is 36.4 Å². The smallest absolute Gasteiger partial charge is 0.258 e. The molecule has 3 rings (SSSR count). The average molecular weight is 425 g/mol. The molecule has 0 aliphatic carbocycles. The Kier molecular flexibility index (Phi) is 6.22. The molecular weight excluding hydrogens is 403 g/mol. The second kappa shape index (κ2) is 8.67. The quantitative estimate of drug-likeness (QED) is 0.517. The number of amides is 2. The van der Waals surface area contributed by atoms with Gasteiger partial charge in [0.1, 0.15) is 5.82 Å². The van der Waals surface area contributed by atoms with Crippen LogP contribution in [0.1, 0.15) is 47.1 Å². The van der Waals surface area contributed by atoms with Gasteiger partial charge in [0.2, 0.25) is 0 Å². The Morgan fingerprint density at radius 2 is 1.43 bits per heavy atom. The van der Waals surface area contributed by atoms with Gasteiger partial charge in [-0.3, -0.25) is 9.59 Å². The van der Waals surface area contributed by atoms with Crippen molar-refractivity contribution in [2.45, 2.75) is 26.2 Å². The third-order valence-corrected chi connectivity index (χ3v) is 4.80. The summed E-state index contributed by atoms with van der Waals surface area (Å²) < 4.78 is 13.9. The minimum atomic E-state index is -0.705. The summed E-state index contributed by atoms with van der Waals surface area (Å²) >= 11 is 5.72. The van der Waals surface area contributed by atoms with E-state index in [0.717, 1.165) is 11.6 Å². The number of hydrogen-bond acceptors (Lipinski definition) is 2. The lowest BCUT2D eigenvalue weighted by atomic mass is 9.87. The van der Waals surface area contributed by atoms with Crippen LogP contribution in [-0.2, 0) is 5.41 Å². The highest BCUT2D eigenvalue weighted by molar-refractivity contribution is 6.30. The summed E-state index contributed by atoms with van der Waals surface area (Å²) in [6.45, 7) is 6.33. The zero-order valence-corrected chi connectivity index (χ0v) is 17.7. The van der Waals surface area contributed by atoms with Gasteiger partial charge in [-0.1, -0.05) is 50.6 Å². The third kappa shape index (κ3) is 5.24. The van der Waals surface area contributed by atoms with Crippen LogP contribution in [0.2, 0.25) is 5.02 Å². The van der Waals surface area contributed by atoms with Crippen LogP contribution in [0, 0.1) is 5.82 Å². The van der Waals surface area contributed by atoms with Gasteiger partial charge >= 0.3 is 0 Å². The van der Waals surface area contributed by atoms with Gasteiger partial charge in [-0.2, -0.15) is 0 Å². The molecule has 0 unspecified atom stereocenters. The number of benzene rings is 3. The van der Waals surface area contributed by atoms with Crippen molar-refractivity contribution in [2.24, 2.45) is 0 Å². The Morgan fingerprint density at radius 1 is 0.833 bits per heavy atom. The molecule has 0 radical (unpaired) electrons. The Hall–Kier alpha value is -3.18. The molecule has 30 heavy (non-hydrogen) atoms. The Labute approximate surface area is 180 Å². The van der Waals surface area contributed by atoms with Gasteiger partial charge in [0.25, 0.3) is 11.8 Å². The van der Waals surface area contributed by atoms with E-state index in [1.807, 2.05) is 12.1 Å². The number of rotatable bonds is 4. The number of nitrogens with one attached hydrogen (secondary N) is 2. The van der Waals surface area contributed by atoms with Gasteiger partial charge in [-0.05, 0) is 59.5 Å². The highest BCUT2D eigenvalue weighted by Crippen LogP contribution is 2.23. The van der Waals surface area contributed by atoms with Gasteiger partial charge in [-0.25, -0.2) is 4.39 Å². The average Bonchev–Trinajstić information content (AvgIpc) is 2.67. The molecule has 0 spiro atoms. The first-order valence-corrected chi connectivity index (χ1v) is 9.79. The topological polar surface area (TPSA) is 58.2 Å². The summed E-state index contributed by atoms with van der Waals surface area (Å²) in [6.07, 6.45) is 0. The SMILES string of the molecule is CC(C)(C)c1ccc(C(=O)Nc2cccc(NC(=O)c3ccc(Cl)cc3F)c2)cc1. The van der Waals surface area contributed by atoms with Crippen LogP contribution in [0.3, 0.4) is 0 Å². The molecule has 4 nitrogen and oxygen atoms in total. The van der Waals surface area contributed by atoms with Crippen LogP contribution >= 0.6 is 11.6 Å². The summed E-state index contributed by atoms with van der Waals surface area (Å²) in [6, 6.07) is 17.9. The first kappa shape index (κ1) is 21.5. The standard InChI is InChI=1S/C24H22ClFN2O2/c1-24(2,3)16-9-7-15(8-10-16)22(29)27-18-5-4-6-19(14-18)28-23(30)20-12-11-17(25)13-21(20)26/h4-14H,1-3H3,(H,27,29)(H,28,30). The van der Waals surface area contributed by atoms with Gasteiger partial charge in [0.05, 0.1) is 5.56 Å². The van der Waals surface area contributed by atoms with E-state index in [1.165, 1.54) is 12.1 Å². The van der Waals surface area contributed by atoms with Crippen molar-refractivity contribution < 1.29 is 14.0 Å². The van der Waals surface area contributed by atoms with Crippen molar-refractivity contribution >= 4 is 34.8 Å². The van der Waals surface area contributed by atoms with E-state index in [0.29, 0.717) is 16.9 Å². The lowest BCUT2D eigenvalue weighted by molar-refractivity contribution is 0.101. The molecule has 2 N–H and O–H groups in total. The fraction of sp³-hybridized carbons (Fsp3) is 0.167. The third-order valence-electron chi connectivity index (χ3n) is 4.57. The van der Waals surface area contributed by atoms with Crippen LogP contribution in [-0.4, -0.2) is 11.8 Å². The predicted octanol–water partition coefficient (Wildman–Crippen LogP) is 6.28. The second-order valence-corrected chi connectivity index (χ2v) is 8.38. The fourth-order valence-corrected chi connectivity index (χ4v) is 3.03. The number of carbonyl (C=O) groups is 2. The molecule has 3 aromatic carbocycles. The summed E-state index contributed by atoms with van der Waals surface area (Å²) in [5, 5.41) is 5.64. The molecule has 0 saturated carbocycles. The van der Waals surface area contributed by atoms with Crippen molar-refractivity contribution in [3.05, 3.63) is 94.3 Å². The zero-order chi connectivity index (χ0) is 21.9. The maximum absolute atomic E-state index is 13.9. The highest BCUT2D eigenvalue weighted by atomic mass is 35.5. The molecule has 0 fully saturated rings.